The van der Waals surface area contributed by atoms with Gasteiger partial charge < -0.3 is 14.5 Å². The quantitative estimate of drug-likeness (QED) is 0.652. The molecule has 2 amide bonds. The lowest BCUT2D eigenvalue weighted by Gasteiger charge is -2.36. The van der Waals surface area contributed by atoms with Crippen LogP contribution in [0.15, 0.2) is 48.2 Å². The highest BCUT2D eigenvalue weighted by Crippen LogP contribution is 2.36. The Labute approximate surface area is 190 Å². The Morgan fingerprint density at radius 1 is 0.844 bits per heavy atom. The SMILES string of the molecule is CCOc1ccc(N2C(=O)C(c3ccc(C)c(C)c3)=C(N3CCN(CC)CC3)C2=O)cc1. The number of rotatable bonds is 6. The van der Waals surface area contributed by atoms with Crippen molar-refractivity contribution >= 4 is 23.1 Å². The number of ether oxygens (including phenoxy) is 1. The third-order valence-electron chi connectivity index (χ3n) is 6.40. The normalized spacial score (nSPS) is 17.5. The summed E-state index contributed by atoms with van der Waals surface area (Å²) in [6.07, 6.45) is 0. The van der Waals surface area contributed by atoms with Crippen LogP contribution in [0.25, 0.3) is 5.57 Å². The number of nitrogens with zero attached hydrogens (tertiary/aromatic N) is 3. The number of hydrogen-bond acceptors (Lipinski definition) is 5. The standard InChI is InChI=1S/C26H31N3O3/c1-5-27-13-15-28(16-14-27)24-23(20-8-7-18(3)19(4)17-20)25(30)29(26(24)31)21-9-11-22(12-10-21)32-6-2/h7-12,17H,5-6,13-16H2,1-4H3. The molecule has 0 saturated carbocycles. The van der Waals surface area contributed by atoms with Gasteiger partial charge in [0.05, 0.1) is 17.9 Å². The smallest absolute Gasteiger partial charge is 0.282 e. The van der Waals surface area contributed by atoms with Crippen LogP contribution in [0, 0.1) is 13.8 Å². The van der Waals surface area contributed by atoms with Crippen LogP contribution >= 0.6 is 0 Å². The van der Waals surface area contributed by atoms with Gasteiger partial charge in [-0.3, -0.25) is 9.59 Å². The highest BCUT2D eigenvalue weighted by Gasteiger charge is 2.43. The lowest BCUT2D eigenvalue weighted by molar-refractivity contribution is -0.120. The molecular formula is C26H31N3O3. The minimum Gasteiger partial charge on any atom is -0.494 e. The van der Waals surface area contributed by atoms with Gasteiger partial charge in [0.1, 0.15) is 11.4 Å². The predicted octanol–water partition coefficient (Wildman–Crippen LogP) is 3.62. The lowest BCUT2D eigenvalue weighted by Crippen LogP contribution is -2.47. The summed E-state index contributed by atoms with van der Waals surface area (Å²) >= 11 is 0. The van der Waals surface area contributed by atoms with E-state index < -0.39 is 0 Å². The van der Waals surface area contributed by atoms with Gasteiger partial charge in [-0.05, 0) is 68.3 Å². The molecule has 6 heteroatoms. The van der Waals surface area contributed by atoms with Gasteiger partial charge in [0.2, 0.25) is 0 Å². The minimum atomic E-state index is -0.268. The second-order valence-corrected chi connectivity index (χ2v) is 8.32. The van der Waals surface area contributed by atoms with Crippen molar-refractivity contribution in [3.8, 4) is 5.75 Å². The molecule has 2 aromatic carbocycles. The fourth-order valence-corrected chi connectivity index (χ4v) is 4.35. The Morgan fingerprint density at radius 3 is 2.12 bits per heavy atom. The molecule has 0 spiro atoms. The van der Waals surface area contributed by atoms with Crippen molar-refractivity contribution in [2.24, 2.45) is 0 Å². The summed E-state index contributed by atoms with van der Waals surface area (Å²) in [5.41, 5.74) is 4.64. The zero-order valence-electron chi connectivity index (χ0n) is 19.4. The molecule has 0 aliphatic carbocycles. The van der Waals surface area contributed by atoms with E-state index in [0.717, 1.165) is 49.4 Å². The number of piperazine rings is 1. The number of carbonyl (C=O) groups is 2. The van der Waals surface area contributed by atoms with Gasteiger partial charge >= 0.3 is 0 Å². The van der Waals surface area contributed by atoms with Gasteiger partial charge in [0.15, 0.2) is 0 Å². The van der Waals surface area contributed by atoms with E-state index in [0.29, 0.717) is 29.3 Å². The van der Waals surface area contributed by atoms with E-state index in [1.54, 1.807) is 24.3 Å². The van der Waals surface area contributed by atoms with Gasteiger partial charge in [-0.15, -0.1) is 0 Å². The first kappa shape index (κ1) is 22.1. The van der Waals surface area contributed by atoms with Crippen LogP contribution < -0.4 is 9.64 Å². The summed E-state index contributed by atoms with van der Waals surface area (Å²) in [5, 5.41) is 0. The number of amides is 2. The Bertz CT molecular complexity index is 1050. The molecule has 168 valence electrons. The van der Waals surface area contributed by atoms with E-state index in [1.165, 1.54) is 4.90 Å². The summed E-state index contributed by atoms with van der Waals surface area (Å²) in [6, 6.07) is 13.1. The highest BCUT2D eigenvalue weighted by molar-refractivity contribution is 6.45. The topological polar surface area (TPSA) is 53.1 Å². The fourth-order valence-electron chi connectivity index (χ4n) is 4.35. The van der Waals surface area contributed by atoms with E-state index in [4.69, 9.17) is 4.74 Å². The molecule has 2 aliphatic heterocycles. The van der Waals surface area contributed by atoms with E-state index in [-0.39, 0.29) is 11.8 Å². The molecule has 0 bridgehead atoms. The molecule has 0 aromatic heterocycles. The van der Waals surface area contributed by atoms with E-state index in [2.05, 4.69) is 16.7 Å². The maximum atomic E-state index is 13.7. The van der Waals surface area contributed by atoms with Crippen LogP contribution in [-0.2, 0) is 9.59 Å². The van der Waals surface area contributed by atoms with Crippen LogP contribution in [0.2, 0.25) is 0 Å². The summed E-state index contributed by atoms with van der Waals surface area (Å²) < 4.78 is 5.52. The maximum absolute atomic E-state index is 13.7. The Kier molecular flexibility index (Phi) is 6.33. The molecule has 0 radical (unpaired) electrons. The first-order valence-electron chi connectivity index (χ1n) is 11.4. The average Bonchev–Trinajstić information content (AvgIpc) is 3.06. The van der Waals surface area contributed by atoms with Gasteiger partial charge in [0.25, 0.3) is 11.8 Å². The van der Waals surface area contributed by atoms with Gasteiger partial charge in [0, 0.05) is 26.2 Å². The molecule has 2 aliphatic rings. The Hall–Kier alpha value is -3.12. The van der Waals surface area contributed by atoms with Crippen molar-refractivity contribution in [3.05, 3.63) is 64.9 Å². The second kappa shape index (κ2) is 9.17. The van der Waals surface area contributed by atoms with E-state index in [9.17, 15) is 9.59 Å². The molecule has 0 N–H and O–H groups in total. The second-order valence-electron chi connectivity index (χ2n) is 8.32. The van der Waals surface area contributed by atoms with E-state index in [1.807, 2.05) is 39.0 Å². The first-order chi connectivity index (χ1) is 15.4. The van der Waals surface area contributed by atoms with E-state index >= 15 is 0 Å². The summed E-state index contributed by atoms with van der Waals surface area (Å²) in [5.74, 6) is 0.196. The van der Waals surface area contributed by atoms with Crippen molar-refractivity contribution in [1.29, 1.82) is 0 Å². The van der Waals surface area contributed by atoms with Gasteiger partial charge in [-0.25, -0.2) is 4.90 Å². The predicted molar refractivity (Wildman–Crippen MR) is 127 cm³/mol. The van der Waals surface area contributed by atoms with Crippen LogP contribution in [0.5, 0.6) is 5.75 Å². The monoisotopic (exact) mass is 433 g/mol. The van der Waals surface area contributed by atoms with Crippen molar-refractivity contribution in [3.63, 3.8) is 0 Å². The molecule has 0 atom stereocenters. The molecule has 2 aromatic rings. The Morgan fingerprint density at radius 2 is 1.53 bits per heavy atom. The average molecular weight is 434 g/mol. The molecule has 4 rings (SSSR count). The number of aryl methyl sites for hydroxylation is 2. The third-order valence-corrected chi connectivity index (χ3v) is 6.40. The molecule has 2 heterocycles. The maximum Gasteiger partial charge on any atom is 0.282 e. The van der Waals surface area contributed by atoms with Gasteiger partial charge in [-0.2, -0.15) is 0 Å². The number of imide groups is 1. The third kappa shape index (κ3) is 4.02. The number of hydrogen-bond donors (Lipinski definition) is 0. The highest BCUT2D eigenvalue weighted by atomic mass is 16.5. The molecule has 6 nitrogen and oxygen atoms in total. The first-order valence-corrected chi connectivity index (χ1v) is 11.4. The number of carbonyl (C=O) groups excluding carboxylic acids is 2. The fraction of sp³-hybridized carbons (Fsp3) is 0.385. The molecule has 1 saturated heterocycles. The van der Waals surface area contributed by atoms with Crippen molar-refractivity contribution in [2.75, 3.05) is 44.2 Å². The van der Waals surface area contributed by atoms with Gasteiger partial charge in [-0.1, -0.05) is 25.1 Å². The van der Waals surface area contributed by atoms with Crippen molar-refractivity contribution in [2.45, 2.75) is 27.7 Å². The molecule has 0 unspecified atom stereocenters. The molecule has 1 fully saturated rings. The largest absolute Gasteiger partial charge is 0.494 e. The lowest BCUT2D eigenvalue weighted by atomic mass is 9.99. The summed E-state index contributed by atoms with van der Waals surface area (Å²) in [4.78, 5) is 33.1. The van der Waals surface area contributed by atoms with Crippen LogP contribution in [0.3, 0.4) is 0 Å². The van der Waals surface area contributed by atoms with Crippen LogP contribution in [-0.4, -0.2) is 60.9 Å². The molecular weight excluding hydrogens is 402 g/mol. The van der Waals surface area contributed by atoms with Crippen LogP contribution in [0.4, 0.5) is 5.69 Å². The van der Waals surface area contributed by atoms with Crippen LogP contribution in [0.1, 0.15) is 30.5 Å². The summed E-state index contributed by atoms with van der Waals surface area (Å²) in [6.45, 7) is 12.9. The molecule has 32 heavy (non-hydrogen) atoms. The number of likely N-dealkylation sites (N-methyl/N-ethyl adjacent to an activating group) is 1. The van der Waals surface area contributed by atoms with Crippen molar-refractivity contribution in [1.82, 2.24) is 9.80 Å². The number of benzene rings is 2. The zero-order chi connectivity index (χ0) is 22.8. The zero-order valence-corrected chi connectivity index (χ0v) is 19.4. The van der Waals surface area contributed by atoms with Crippen molar-refractivity contribution < 1.29 is 14.3 Å². The summed E-state index contributed by atoms with van der Waals surface area (Å²) in [7, 11) is 0. The number of anilines is 1. The minimum absolute atomic E-state index is 0.252. The Balaban J connectivity index is 1.75.